The van der Waals surface area contributed by atoms with Gasteiger partial charge in [0.05, 0.1) is 0 Å². The van der Waals surface area contributed by atoms with Crippen molar-refractivity contribution in [2.45, 2.75) is 59.3 Å². The highest BCUT2D eigenvalue weighted by Crippen LogP contribution is 2.34. The van der Waals surface area contributed by atoms with Crippen LogP contribution in [0.5, 0.6) is 0 Å². The summed E-state index contributed by atoms with van der Waals surface area (Å²) in [5, 5.41) is 3.67. The van der Waals surface area contributed by atoms with Crippen LogP contribution in [0.1, 0.15) is 59.3 Å². The Labute approximate surface area is 108 Å². The van der Waals surface area contributed by atoms with Crippen LogP contribution in [0.25, 0.3) is 0 Å². The number of rotatable bonds is 7. The lowest BCUT2D eigenvalue weighted by atomic mass is 9.75. The molecule has 0 bridgehead atoms. The lowest BCUT2D eigenvalue weighted by Gasteiger charge is -2.34. The van der Waals surface area contributed by atoms with Gasteiger partial charge in [0.15, 0.2) is 0 Å². The minimum Gasteiger partial charge on any atom is -0.330 e. The summed E-state index contributed by atoms with van der Waals surface area (Å²) in [5.74, 6) is 1.41. The number of hydrogen-bond donors (Lipinski definition) is 2. The molecule has 1 atom stereocenters. The van der Waals surface area contributed by atoms with Crippen molar-refractivity contribution in [1.29, 1.82) is 0 Å². The third-order valence-corrected chi connectivity index (χ3v) is 4.18. The van der Waals surface area contributed by atoms with Gasteiger partial charge in [-0.1, -0.05) is 40.0 Å². The van der Waals surface area contributed by atoms with Gasteiger partial charge < -0.3 is 11.1 Å². The summed E-state index contributed by atoms with van der Waals surface area (Å²) in [6.45, 7) is 10.1. The lowest BCUT2D eigenvalue weighted by Crippen LogP contribution is -2.37. The topological polar surface area (TPSA) is 38.0 Å². The molecule has 0 spiro atoms. The van der Waals surface area contributed by atoms with Gasteiger partial charge in [-0.25, -0.2) is 0 Å². The molecule has 1 aliphatic rings. The monoisotopic (exact) mass is 240 g/mol. The van der Waals surface area contributed by atoms with Crippen LogP contribution in [-0.2, 0) is 0 Å². The highest BCUT2D eigenvalue weighted by atomic mass is 14.9. The Morgan fingerprint density at radius 1 is 1.18 bits per heavy atom. The molecule has 2 nitrogen and oxygen atoms in total. The molecular formula is C15H32N2. The maximum Gasteiger partial charge on any atom is 0.000528 e. The number of nitrogens with two attached hydrogens (primary N) is 1. The predicted molar refractivity (Wildman–Crippen MR) is 76.1 cm³/mol. The SMILES string of the molecule is CC(C)CC(CN)CNCC1(C)CCCCC1. The first-order chi connectivity index (χ1) is 8.06. The Balaban J connectivity index is 2.20. The Morgan fingerprint density at radius 3 is 2.35 bits per heavy atom. The van der Waals surface area contributed by atoms with E-state index in [9.17, 15) is 0 Å². The molecule has 1 rings (SSSR count). The third kappa shape index (κ3) is 5.87. The molecule has 0 amide bonds. The van der Waals surface area contributed by atoms with Crippen molar-refractivity contribution in [3.05, 3.63) is 0 Å². The second-order valence-corrected chi connectivity index (χ2v) is 6.73. The van der Waals surface area contributed by atoms with Gasteiger partial charge in [0, 0.05) is 6.54 Å². The quantitative estimate of drug-likeness (QED) is 0.717. The van der Waals surface area contributed by atoms with Crippen LogP contribution in [0, 0.1) is 17.3 Å². The maximum atomic E-state index is 5.83. The molecule has 0 aromatic rings. The second kappa shape index (κ2) is 7.38. The van der Waals surface area contributed by atoms with Gasteiger partial charge >= 0.3 is 0 Å². The van der Waals surface area contributed by atoms with Crippen molar-refractivity contribution >= 4 is 0 Å². The van der Waals surface area contributed by atoms with E-state index in [0.717, 1.165) is 19.0 Å². The fourth-order valence-corrected chi connectivity index (χ4v) is 3.09. The maximum absolute atomic E-state index is 5.83. The van der Waals surface area contributed by atoms with E-state index in [1.54, 1.807) is 0 Å². The van der Waals surface area contributed by atoms with Crippen LogP contribution in [0.3, 0.4) is 0 Å². The van der Waals surface area contributed by atoms with E-state index in [4.69, 9.17) is 5.73 Å². The zero-order chi connectivity index (χ0) is 12.7. The molecule has 0 aromatic carbocycles. The fraction of sp³-hybridized carbons (Fsp3) is 1.00. The van der Waals surface area contributed by atoms with E-state index in [0.29, 0.717) is 11.3 Å². The van der Waals surface area contributed by atoms with Crippen molar-refractivity contribution in [2.24, 2.45) is 23.0 Å². The Kier molecular flexibility index (Phi) is 6.50. The van der Waals surface area contributed by atoms with Gasteiger partial charge in [-0.05, 0) is 49.6 Å². The molecule has 1 unspecified atom stereocenters. The Hall–Kier alpha value is -0.0800. The summed E-state index contributed by atoms with van der Waals surface area (Å²) in [6.07, 6.45) is 8.33. The molecular weight excluding hydrogens is 208 g/mol. The van der Waals surface area contributed by atoms with Gasteiger partial charge in [-0.3, -0.25) is 0 Å². The highest BCUT2D eigenvalue weighted by Gasteiger charge is 2.26. The molecule has 0 heterocycles. The molecule has 1 fully saturated rings. The first-order valence-electron chi connectivity index (χ1n) is 7.46. The van der Waals surface area contributed by atoms with Gasteiger partial charge in [0.2, 0.25) is 0 Å². The zero-order valence-electron chi connectivity index (χ0n) is 12.1. The predicted octanol–water partition coefficient (Wildman–Crippen LogP) is 3.17. The molecule has 102 valence electrons. The van der Waals surface area contributed by atoms with Crippen LogP contribution in [0.15, 0.2) is 0 Å². The summed E-state index contributed by atoms with van der Waals surface area (Å²) < 4.78 is 0. The minimum absolute atomic E-state index is 0.551. The van der Waals surface area contributed by atoms with Crippen molar-refractivity contribution in [3.8, 4) is 0 Å². The molecule has 0 aliphatic heterocycles. The molecule has 3 N–H and O–H groups in total. The first kappa shape index (κ1) is 15.0. The lowest BCUT2D eigenvalue weighted by molar-refractivity contribution is 0.203. The summed E-state index contributed by atoms with van der Waals surface area (Å²) in [6, 6.07) is 0. The summed E-state index contributed by atoms with van der Waals surface area (Å²) in [7, 11) is 0. The molecule has 1 saturated carbocycles. The van der Waals surface area contributed by atoms with Crippen LogP contribution in [-0.4, -0.2) is 19.6 Å². The van der Waals surface area contributed by atoms with E-state index in [-0.39, 0.29) is 0 Å². The zero-order valence-corrected chi connectivity index (χ0v) is 12.1. The summed E-state index contributed by atoms with van der Waals surface area (Å²) in [4.78, 5) is 0. The van der Waals surface area contributed by atoms with Crippen molar-refractivity contribution in [1.82, 2.24) is 5.32 Å². The van der Waals surface area contributed by atoms with Crippen LogP contribution in [0.4, 0.5) is 0 Å². The Morgan fingerprint density at radius 2 is 1.82 bits per heavy atom. The van der Waals surface area contributed by atoms with Gasteiger partial charge in [-0.15, -0.1) is 0 Å². The van der Waals surface area contributed by atoms with Crippen LogP contribution < -0.4 is 11.1 Å². The second-order valence-electron chi connectivity index (χ2n) is 6.73. The first-order valence-corrected chi connectivity index (χ1v) is 7.46. The van der Waals surface area contributed by atoms with Gasteiger partial charge in [0.25, 0.3) is 0 Å². The fourth-order valence-electron chi connectivity index (χ4n) is 3.09. The average molecular weight is 240 g/mol. The summed E-state index contributed by atoms with van der Waals surface area (Å²) in [5.41, 5.74) is 6.38. The molecule has 0 saturated heterocycles. The van der Waals surface area contributed by atoms with Crippen molar-refractivity contribution in [2.75, 3.05) is 19.6 Å². The van der Waals surface area contributed by atoms with Crippen LogP contribution in [0.2, 0.25) is 0 Å². The highest BCUT2D eigenvalue weighted by molar-refractivity contribution is 4.81. The Bertz CT molecular complexity index is 195. The molecule has 17 heavy (non-hydrogen) atoms. The molecule has 0 radical (unpaired) electrons. The third-order valence-electron chi connectivity index (χ3n) is 4.18. The minimum atomic E-state index is 0.551. The van der Waals surface area contributed by atoms with Crippen LogP contribution >= 0.6 is 0 Å². The molecule has 1 aliphatic carbocycles. The van der Waals surface area contributed by atoms with Crippen molar-refractivity contribution < 1.29 is 0 Å². The van der Waals surface area contributed by atoms with Gasteiger partial charge in [-0.2, -0.15) is 0 Å². The van der Waals surface area contributed by atoms with E-state index < -0.39 is 0 Å². The number of nitrogens with one attached hydrogen (secondary N) is 1. The number of hydrogen-bond acceptors (Lipinski definition) is 2. The largest absolute Gasteiger partial charge is 0.330 e. The van der Waals surface area contributed by atoms with Gasteiger partial charge in [0.1, 0.15) is 0 Å². The standard InChI is InChI=1S/C15H32N2/c1-13(2)9-14(10-16)11-17-12-15(3)7-5-4-6-8-15/h13-14,17H,4-12,16H2,1-3H3. The summed E-state index contributed by atoms with van der Waals surface area (Å²) >= 11 is 0. The van der Waals surface area contributed by atoms with E-state index in [1.165, 1.54) is 45.1 Å². The van der Waals surface area contributed by atoms with E-state index in [2.05, 4.69) is 26.1 Å². The average Bonchev–Trinajstić information content (AvgIpc) is 2.28. The smallest absolute Gasteiger partial charge is 0.000528 e. The normalized spacial score (nSPS) is 21.7. The van der Waals surface area contributed by atoms with Crippen molar-refractivity contribution in [3.63, 3.8) is 0 Å². The van der Waals surface area contributed by atoms with E-state index >= 15 is 0 Å². The van der Waals surface area contributed by atoms with E-state index in [1.807, 2.05) is 0 Å². The molecule has 2 heteroatoms. The molecule has 0 aromatic heterocycles.